The normalized spacial score (nSPS) is 12.1. The van der Waals surface area contributed by atoms with Crippen molar-refractivity contribution in [2.24, 2.45) is 5.73 Å². The number of amides is 1. The molecular weight excluding hydrogens is 156 g/mol. The zero-order valence-electron chi connectivity index (χ0n) is 5.48. The third kappa shape index (κ3) is 4.12. The van der Waals surface area contributed by atoms with Crippen LogP contribution in [0.25, 0.3) is 0 Å². The highest BCUT2D eigenvalue weighted by Gasteiger charge is 2.16. The van der Waals surface area contributed by atoms with E-state index in [1.807, 2.05) is 0 Å². The van der Waals surface area contributed by atoms with Gasteiger partial charge in [-0.1, -0.05) is 0 Å². The Morgan fingerprint density at radius 1 is 1.64 bits per heavy atom. The summed E-state index contributed by atoms with van der Waals surface area (Å²) >= 11 is 0. The van der Waals surface area contributed by atoms with Crippen LogP contribution >= 0.6 is 0 Å². The van der Waals surface area contributed by atoms with E-state index in [1.54, 1.807) is 5.48 Å². The van der Waals surface area contributed by atoms with Crippen LogP contribution < -0.4 is 11.2 Å². The number of rotatable bonds is 4. The van der Waals surface area contributed by atoms with Crippen molar-refractivity contribution < 1.29 is 24.6 Å². The lowest BCUT2D eigenvalue weighted by Gasteiger charge is -2.08. The van der Waals surface area contributed by atoms with E-state index in [0.29, 0.717) is 0 Å². The molecule has 1 amide bonds. The molecule has 7 nitrogen and oxygen atoms in total. The molecule has 11 heavy (non-hydrogen) atoms. The highest BCUT2D eigenvalue weighted by Crippen LogP contribution is 1.81. The van der Waals surface area contributed by atoms with Gasteiger partial charge in [-0.2, -0.15) is 0 Å². The van der Waals surface area contributed by atoms with Crippen molar-refractivity contribution in [3.05, 3.63) is 0 Å². The lowest BCUT2D eigenvalue weighted by molar-refractivity contribution is -0.143. The van der Waals surface area contributed by atoms with Gasteiger partial charge < -0.3 is 20.8 Å². The molecule has 0 fully saturated rings. The van der Waals surface area contributed by atoms with Gasteiger partial charge in [0.25, 0.3) is 0 Å². The Bertz CT molecular complexity index is 159. The second-order valence-corrected chi connectivity index (χ2v) is 1.61. The fourth-order valence-electron chi connectivity index (χ4n) is 0.295. The van der Waals surface area contributed by atoms with E-state index >= 15 is 0 Å². The molecule has 0 saturated carbocycles. The summed E-state index contributed by atoms with van der Waals surface area (Å²) in [5.74, 6) is -1.34. The third-order valence-corrected chi connectivity index (χ3v) is 0.782. The quantitative estimate of drug-likeness (QED) is 0.357. The van der Waals surface area contributed by atoms with Gasteiger partial charge in [0, 0.05) is 0 Å². The van der Waals surface area contributed by atoms with Crippen molar-refractivity contribution >= 4 is 12.1 Å². The van der Waals surface area contributed by atoms with Gasteiger partial charge in [-0.15, -0.1) is 5.48 Å². The molecule has 0 aliphatic heterocycles. The fourth-order valence-corrected chi connectivity index (χ4v) is 0.295. The van der Waals surface area contributed by atoms with Crippen LogP contribution in [0.5, 0.6) is 0 Å². The van der Waals surface area contributed by atoms with Gasteiger partial charge in [0.1, 0.15) is 0 Å². The van der Waals surface area contributed by atoms with Crippen LogP contribution in [0.3, 0.4) is 0 Å². The second kappa shape index (κ2) is 4.47. The van der Waals surface area contributed by atoms with Gasteiger partial charge in [-0.3, -0.25) is 4.79 Å². The predicted octanol–water partition coefficient (Wildman–Crippen LogP) is -1.97. The van der Waals surface area contributed by atoms with Crippen LogP contribution in [0, 0.1) is 0 Å². The molecule has 0 aromatic heterocycles. The Labute approximate surface area is 61.7 Å². The minimum atomic E-state index is -1.34. The first-order chi connectivity index (χ1) is 5.07. The molecule has 64 valence electrons. The summed E-state index contributed by atoms with van der Waals surface area (Å²) in [7, 11) is 0. The maximum atomic E-state index is 10.1. The van der Waals surface area contributed by atoms with Crippen molar-refractivity contribution in [1.29, 1.82) is 0 Å². The number of carboxylic acid groups (broad SMARTS) is 1. The molecule has 0 radical (unpaired) electrons. The Balaban J connectivity index is 3.70. The minimum absolute atomic E-state index is 0.692. The molecule has 0 bridgehead atoms. The number of carboxylic acids is 1. The number of carbonyl (C=O) groups is 2. The van der Waals surface area contributed by atoms with Gasteiger partial charge in [0.15, 0.2) is 6.04 Å². The molecule has 0 rings (SSSR count). The van der Waals surface area contributed by atoms with E-state index in [-0.39, 0.29) is 0 Å². The molecule has 7 heteroatoms. The van der Waals surface area contributed by atoms with E-state index in [1.165, 1.54) is 0 Å². The maximum absolute atomic E-state index is 10.1. The zero-order valence-corrected chi connectivity index (χ0v) is 5.48. The minimum Gasteiger partial charge on any atom is -0.480 e. The maximum Gasteiger partial charge on any atom is 0.423 e. The third-order valence-electron chi connectivity index (χ3n) is 0.782. The van der Waals surface area contributed by atoms with Crippen molar-refractivity contribution in [2.75, 3.05) is 6.61 Å². The molecule has 0 aliphatic rings. The van der Waals surface area contributed by atoms with Crippen LogP contribution in [0.1, 0.15) is 0 Å². The summed E-state index contributed by atoms with van der Waals surface area (Å²) in [4.78, 5) is 23.9. The molecule has 0 aromatic carbocycles. The number of aliphatic hydroxyl groups excluding tert-OH is 1. The van der Waals surface area contributed by atoms with Gasteiger partial charge in [0.05, 0.1) is 6.61 Å². The van der Waals surface area contributed by atoms with Crippen LogP contribution in [0.15, 0.2) is 0 Å². The van der Waals surface area contributed by atoms with Crippen molar-refractivity contribution in [1.82, 2.24) is 5.48 Å². The summed E-state index contributed by atoms with van der Waals surface area (Å²) < 4.78 is 0. The highest BCUT2D eigenvalue weighted by molar-refractivity contribution is 5.73. The van der Waals surface area contributed by atoms with Gasteiger partial charge >= 0.3 is 12.1 Å². The van der Waals surface area contributed by atoms with Gasteiger partial charge in [-0.25, -0.2) is 4.79 Å². The highest BCUT2D eigenvalue weighted by atomic mass is 16.7. The van der Waals surface area contributed by atoms with Crippen LogP contribution in [-0.4, -0.2) is 34.9 Å². The number of carbonyl (C=O) groups excluding carboxylic acids is 1. The molecule has 0 spiro atoms. The predicted molar refractivity (Wildman–Crippen MR) is 32.3 cm³/mol. The Kier molecular flexibility index (Phi) is 3.93. The topological polar surface area (TPSA) is 122 Å². The number of nitrogens with one attached hydrogen (secondary N) is 1. The number of aliphatic hydroxyl groups is 1. The number of aliphatic carboxylic acids is 1. The first-order valence-corrected chi connectivity index (χ1v) is 2.63. The van der Waals surface area contributed by atoms with E-state index in [2.05, 4.69) is 10.6 Å². The fraction of sp³-hybridized carbons (Fsp3) is 0.500. The molecule has 0 saturated heterocycles. The summed E-state index contributed by atoms with van der Waals surface area (Å²) in [5, 5.41) is 16.6. The molecule has 0 unspecified atom stereocenters. The standard InChI is InChI=1S/C4H8N2O5/c5-4(10)11-6-2(1-7)3(8)9/h2,6-7H,1H2,(H2,5,10)(H,8,9)/t2-/m0/s1. The Morgan fingerprint density at radius 3 is 2.45 bits per heavy atom. The summed E-state index contributed by atoms with van der Waals surface area (Å²) in [6.07, 6.45) is -1.16. The smallest absolute Gasteiger partial charge is 0.423 e. The molecule has 0 aliphatic carbocycles. The van der Waals surface area contributed by atoms with Crippen LogP contribution in [-0.2, 0) is 9.63 Å². The number of primary amides is 1. The summed E-state index contributed by atoms with van der Waals surface area (Å²) in [6, 6.07) is -1.34. The number of nitrogens with two attached hydrogens (primary N) is 1. The van der Waals surface area contributed by atoms with Crippen molar-refractivity contribution in [3.8, 4) is 0 Å². The first kappa shape index (κ1) is 9.66. The van der Waals surface area contributed by atoms with Gasteiger partial charge in [-0.05, 0) is 0 Å². The average molecular weight is 164 g/mol. The molecule has 5 N–H and O–H groups in total. The van der Waals surface area contributed by atoms with Crippen molar-refractivity contribution in [3.63, 3.8) is 0 Å². The van der Waals surface area contributed by atoms with Crippen LogP contribution in [0.4, 0.5) is 4.79 Å². The van der Waals surface area contributed by atoms with E-state index in [9.17, 15) is 9.59 Å². The second-order valence-electron chi connectivity index (χ2n) is 1.61. The van der Waals surface area contributed by atoms with Gasteiger partial charge in [0.2, 0.25) is 0 Å². The largest absolute Gasteiger partial charge is 0.480 e. The number of hydroxylamine groups is 1. The Morgan fingerprint density at radius 2 is 2.18 bits per heavy atom. The monoisotopic (exact) mass is 164 g/mol. The lowest BCUT2D eigenvalue weighted by atomic mass is 10.3. The van der Waals surface area contributed by atoms with Crippen molar-refractivity contribution in [2.45, 2.75) is 6.04 Å². The average Bonchev–Trinajstić information content (AvgIpc) is 1.87. The number of hydrogen-bond acceptors (Lipinski definition) is 5. The zero-order chi connectivity index (χ0) is 8.85. The lowest BCUT2D eigenvalue weighted by Crippen LogP contribution is -2.41. The summed E-state index contributed by atoms with van der Waals surface area (Å²) in [6.45, 7) is -0.692. The Hall–Kier alpha value is -1.34. The molecule has 1 atom stereocenters. The SMILES string of the molecule is NC(=O)ON[C@@H](CO)C(=O)O. The van der Waals surface area contributed by atoms with Crippen LogP contribution in [0.2, 0.25) is 0 Å². The molecular formula is C4H8N2O5. The first-order valence-electron chi connectivity index (χ1n) is 2.63. The number of hydrogen-bond donors (Lipinski definition) is 4. The van der Waals surface area contributed by atoms with E-state index < -0.39 is 24.7 Å². The molecule has 0 heterocycles. The van der Waals surface area contributed by atoms with E-state index in [4.69, 9.17) is 10.2 Å². The molecule has 0 aromatic rings. The van der Waals surface area contributed by atoms with E-state index in [0.717, 1.165) is 0 Å². The summed E-state index contributed by atoms with van der Waals surface area (Å²) in [5.41, 5.74) is 6.24.